The van der Waals surface area contributed by atoms with Crippen LogP contribution in [0.5, 0.6) is 0 Å². The first-order chi connectivity index (χ1) is 16.3. The quantitative estimate of drug-likeness (QED) is 0.585. The molecular formula is C24H30ClN7O2. The highest BCUT2D eigenvalue weighted by molar-refractivity contribution is 6.30. The van der Waals surface area contributed by atoms with Crippen molar-refractivity contribution >= 4 is 40.7 Å². The van der Waals surface area contributed by atoms with Gasteiger partial charge in [0.2, 0.25) is 11.9 Å². The van der Waals surface area contributed by atoms with Crippen molar-refractivity contribution in [3.05, 3.63) is 53.8 Å². The molecule has 0 saturated carbocycles. The topological polar surface area (TPSA) is 93.7 Å². The third-order valence-corrected chi connectivity index (χ3v) is 6.55. The number of aromatic nitrogens is 2. The Kier molecular flexibility index (Phi) is 7.33. The zero-order valence-electron chi connectivity index (χ0n) is 19.5. The van der Waals surface area contributed by atoms with E-state index in [1.165, 1.54) is 6.08 Å². The van der Waals surface area contributed by atoms with Gasteiger partial charge in [0, 0.05) is 43.8 Å². The molecule has 2 fully saturated rings. The minimum Gasteiger partial charge on any atom is -0.368 e. The summed E-state index contributed by atoms with van der Waals surface area (Å²) in [5.41, 5.74) is 2.14. The number of anilines is 3. The summed E-state index contributed by atoms with van der Waals surface area (Å²) in [7, 11) is 4.14. The van der Waals surface area contributed by atoms with E-state index in [0.717, 1.165) is 31.6 Å². The van der Waals surface area contributed by atoms with E-state index in [0.29, 0.717) is 41.4 Å². The molecule has 0 unspecified atom stereocenters. The summed E-state index contributed by atoms with van der Waals surface area (Å²) in [6.45, 7) is 6.43. The normalized spacial score (nSPS) is 20.0. The average Bonchev–Trinajstić information content (AvgIpc) is 3.50. The number of hydrogen-bond donors (Lipinski definition) is 2. The average molecular weight is 484 g/mol. The van der Waals surface area contributed by atoms with Crippen LogP contribution in [0.2, 0.25) is 5.02 Å². The third kappa shape index (κ3) is 5.48. The summed E-state index contributed by atoms with van der Waals surface area (Å²) < 4.78 is 0. The molecule has 2 N–H and O–H groups in total. The Morgan fingerprint density at radius 2 is 1.94 bits per heavy atom. The number of benzene rings is 1. The van der Waals surface area contributed by atoms with Crippen LogP contribution in [0.25, 0.3) is 0 Å². The van der Waals surface area contributed by atoms with Crippen molar-refractivity contribution < 1.29 is 9.59 Å². The minimum absolute atomic E-state index is 0.0347. The monoisotopic (exact) mass is 483 g/mol. The fourth-order valence-electron chi connectivity index (χ4n) is 4.41. The SMILES string of the molecule is C=CC(=O)Nc1ccc(C(=O)N2CC[C@@H](Nc3ncc(Cl)cn3)C2)cc1N1CC[C@H](N(C)C)C1. The van der Waals surface area contributed by atoms with Crippen LogP contribution in [0.15, 0.2) is 43.2 Å². The largest absolute Gasteiger partial charge is 0.368 e. The summed E-state index contributed by atoms with van der Waals surface area (Å²) in [6, 6.07) is 5.95. The lowest BCUT2D eigenvalue weighted by atomic mass is 10.1. The van der Waals surface area contributed by atoms with Crippen LogP contribution in [0, 0.1) is 0 Å². The maximum atomic E-state index is 13.3. The highest BCUT2D eigenvalue weighted by atomic mass is 35.5. The van der Waals surface area contributed by atoms with Gasteiger partial charge in [-0.05, 0) is 51.2 Å². The molecule has 34 heavy (non-hydrogen) atoms. The van der Waals surface area contributed by atoms with Crippen LogP contribution in [0.1, 0.15) is 23.2 Å². The van der Waals surface area contributed by atoms with Crippen molar-refractivity contribution in [3.63, 3.8) is 0 Å². The lowest BCUT2D eigenvalue weighted by Crippen LogP contribution is -2.33. The molecule has 2 aliphatic heterocycles. The van der Waals surface area contributed by atoms with Gasteiger partial charge in [-0.25, -0.2) is 9.97 Å². The molecule has 2 saturated heterocycles. The lowest BCUT2D eigenvalue weighted by molar-refractivity contribution is -0.111. The molecule has 0 radical (unpaired) electrons. The minimum atomic E-state index is -0.276. The molecule has 0 bridgehead atoms. The molecular weight excluding hydrogens is 454 g/mol. The van der Waals surface area contributed by atoms with E-state index >= 15 is 0 Å². The molecule has 2 aromatic rings. The van der Waals surface area contributed by atoms with Gasteiger partial charge in [0.25, 0.3) is 5.91 Å². The number of carbonyl (C=O) groups is 2. The Bertz CT molecular complexity index is 1060. The Morgan fingerprint density at radius 3 is 2.62 bits per heavy atom. The van der Waals surface area contributed by atoms with E-state index < -0.39 is 0 Å². The molecule has 2 amide bonds. The lowest BCUT2D eigenvalue weighted by Gasteiger charge is -2.25. The van der Waals surface area contributed by atoms with Gasteiger partial charge >= 0.3 is 0 Å². The maximum absolute atomic E-state index is 13.3. The van der Waals surface area contributed by atoms with Crippen LogP contribution in [0.3, 0.4) is 0 Å². The molecule has 9 nitrogen and oxygen atoms in total. The molecule has 2 atom stereocenters. The first kappa shape index (κ1) is 24.0. The molecule has 180 valence electrons. The molecule has 1 aromatic carbocycles. The summed E-state index contributed by atoms with van der Waals surface area (Å²) in [6.07, 6.45) is 6.16. The Hall–Kier alpha value is -3.17. The van der Waals surface area contributed by atoms with Gasteiger partial charge in [0.1, 0.15) is 0 Å². The van der Waals surface area contributed by atoms with E-state index in [-0.39, 0.29) is 17.9 Å². The highest BCUT2D eigenvalue weighted by Gasteiger charge is 2.30. The summed E-state index contributed by atoms with van der Waals surface area (Å²) in [5.74, 6) is 0.187. The van der Waals surface area contributed by atoms with Gasteiger partial charge in [-0.3, -0.25) is 9.59 Å². The molecule has 10 heteroatoms. The zero-order chi connectivity index (χ0) is 24.2. The van der Waals surface area contributed by atoms with Crippen molar-refractivity contribution in [3.8, 4) is 0 Å². The first-order valence-electron chi connectivity index (χ1n) is 11.4. The number of likely N-dealkylation sites (tertiary alicyclic amines) is 1. The van der Waals surface area contributed by atoms with Gasteiger partial charge in [0.15, 0.2) is 0 Å². The molecule has 0 aliphatic carbocycles. The van der Waals surface area contributed by atoms with Crippen molar-refractivity contribution in [2.24, 2.45) is 0 Å². The van der Waals surface area contributed by atoms with Gasteiger partial charge in [-0.2, -0.15) is 0 Å². The fraction of sp³-hybridized carbons (Fsp3) is 0.417. The van der Waals surface area contributed by atoms with Crippen LogP contribution < -0.4 is 15.5 Å². The van der Waals surface area contributed by atoms with Crippen molar-refractivity contribution in [1.82, 2.24) is 19.8 Å². The molecule has 0 spiro atoms. The highest BCUT2D eigenvalue weighted by Crippen LogP contribution is 2.32. The van der Waals surface area contributed by atoms with Crippen molar-refractivity contribution in [2.75, 3.05) is 55.8 Å². The third-order valence-electron chi connectivity index (χ3n) is 6.35. The second-order valence-corrected chi connectivity index (χ2v) is 9.32. The van der Waals surface area contributed by atoms with Crippen LogP contribution in [-0.2, 0) is 4.79 Å². The Labute approximate surface area is 204 Å². The second-order valence-electron chi connectivity index (χ2n) is 8.88. The van der Waals surface area contributed by atoms with Gasteiger partial charge in [-0.1, -0.05) is 18.2 Å². The predicted molar refractivity (Wildman–Crippen MR) is 135 cm³/mol. The van der Waals surface area contributed by atoms with E-state index in [1.807, 2.05) is 11.0 Å². The summed E-state index contributed by atoms with van der Waals surface area (Å²) >= 11 is 5.85. The molecule has 2 aliphatic rings. The standard InChI is InChI=1S/C24H30ClN7O2/c1-4-22(33)29-20-6-5-16(11-21(20)31-10-8-19(15-31)30(2)3)23(34)32-9-7-18(14-32)28-24-26-12-17(25)13-27-24/h4-6,11-13,18-19H,1,7-10,14-15H2,2-3H3,(H,29,33)(H,26,27,28)/t18-,19+/m1/s1. The van der Waals surface area contributed by atoms with Gasteiger partial charge in [-0.15, -0.1) is 0 Å². The van der Waals surface area contributed by atoms with Crippen LogP contribution >= 0.6 is 11.6 Å². The predicted octanol–water partition coefficient (Wildman–Crippen LogP) is 2.72. The van der Waals surface area contributed by atoms with E-state index in [9.17, 15) is 9.59 Å². The Morgan fingerprint density at radius 1 is 1.18 bits per heavy atom. The number of hydrogen-bond acceptors (Lipinski definition) is 7. The number of nitrogens with one attached hydrogen (secondary N) is 2. The van der Waals surface area contributed by atoms with Crippen LogP contribution in [-0.4, -0.2) is 83.9 Å². The maximum Gasteiger partial charge on any atom is 0.254 e. The van der Waals surface area contributed by atoms with Crippen molar-refractivity contribution in [2.45, 2.75) is 24.9 Å². The number of carbonyl (C=O) groups excluding carboxylic acids is 2. The molecule has 3 heterocycles. The summed E-state index contributed by atoms with van der Waals surface area (Å²) in [5, 5.41) is 6.63. The molecule has 1 aromatic heterocycles. The van der Waals surface area contributed by atoms with Crippen LogP contribution in [0.4, 0.5) is 17.3 Å². The number of nitrogens with zero attached hydrogens (tertiary/aromatic N) is 5. The number of likely N-dealkylation sites (N-methyl/N-ethyl adjacent to an activating group) is 1. The number of rotatable bonds is 7. The zero-order valence-corrected chi connectivity index (χ0v) is 20.3. The smallest absolute Gasteiger partial charge is 0.254 e. The van der Waals surface area contributed by atoms with E-state index in [2.05, 4.69) is 51.1 Å². The van der Waals surface area contributed by atoms with Gasteiger partial charge in [0.05, 0.1) is 28.8 Å². The number of amides is 2. The number of halogens is 1. The van der Waals surface area contributed by atoms with E-state index in [4.69, 9.17) is 11.6 Å². The Balaban J connectivity index is 1.49. The van der Waals surface area contributed by atoms with Gasteiger partial charge < -0.3 is 25.3 Å². The molecule has 4 rings (SSSR count). The van der Waals surface area contributed by atoms with Crippen molar-refractivity contribution in [1.29, 1.82) is 0 Å². The second kappa shape index (κ2) is 10.4. The fourth-order valence-corrected chi connectivity index (χ4v) is 4.51. The van der Waals surface area contributed by atoms with E-state index in [1.54, 1.807) is 24.5 Å². The summed E-state index contributed by atoms with van der Waals surface area (Å²) in [4.78, 5) is 40.0. The first-order valence-corrected chi connectivity index (χ1v) is 11.7.